The Morgan fingerprint density at radius 3 is 2.64 bits per heavy atom. The van der Waals surface area contributed by atoms with Gasteiger partial charge in [-0.15, -0.1) is 0 Å². The summed E-state index contributed by atoms with van der Waals surface area (Å²) in [5.41, 5.74) is 4.98. The summed E-state index contributed by atoms with van der Waals surface area (Å²) in [4.78, 5) is 4.67. The van der Waals surface area contributed by atoms with Crippen molar-refractivity contribution in [3.05, 3.63) is 35.4 Å². The summed E-state index contributed by atoms with van der Waals surface area (Å²) < 4.78 is 0. The van der Waals surface area contributed by atoms with E-state index in [9.17, 15) is 0 Å². The fourth-order valence-corrected chi connectivity index (χ4v) is 2.27. The maximum atomic E-state index is 4.67. The number of para-hydroxylation sites is 1. The number of benzene rings is 1. The van der Waals surface area contributed by atoms with Crippen molar-refractivity contribution >= 4 is 24.9 Å². The zero-order valence-electron chi connectivity index (χ0n) is 8.76. The molecule has 0 saturated heterocycles. The summed E-state index contributed by atoms with van der Waals surface area (Å²) >= 11 is 0. The van der Waals surface area contributed by atoms with Gasteiger partial charge in [0.2, 0.25) is 0 Å². The van der Waals surface area contributed by atoms with E-state index < -0.39 is 0 Å². The average Bonchev–Trinajstić information content (AvgIpc) is 2.19. The molecule has 0 fully saturated rings. The van der Waals surface area contributed by atoms with E-state index in [1.807, 2.05) is 0 Å². The first-order chi connectivity index (χ1) is 6.72. The Hall–Kier alpha value is -0.940. The van der Waals surface area contributed by atoms with Crippen molar-refractivity contribution in [3.63, 3.8) is 0 Å². The Morgan fingerprint density at radius 2 is 1.93 bits per heavy atom. The number of fused-ring (bicyclic) bond motifs is 1. The van der Waals surface area contributed by atoms with Gasteiger partial charge >= 0.3 is 0 Å². The van der Waals surface area contributed by atoms with Gasteiger partial charge in [-0.05, 0) is 37.7 Å². The number of aryl methyl sites for hydroxylation is 2. The molecule has 0 aliphatic heterocycles. The van der Waals surface area contributed by atoms with Gasteiger partial charge < -0.3 is 0 Å². The highest BCUT2D eigenvalue weighted by atomic mass is 31.1. The van der Waals surface area contributed by atoms with E-state index in [0.29, 0.717) is 0 Å². The Balaban J connectivity index is 2.83. The molecule has 0 aliphatic rings. The smallest absolute Gasteiger partial charge is 0.0741 e. The highest BCUT2D eigenvalue weighted by molar-refractivity contribution is 7.45. The van der Waals surface area contributed by atoms with Crippen molar-refractivity contribution in [1.82, 2.24) is 4.98 Å². The van der Waals surface area contributed by atoms with Crippen LogP contribution in [0.1, 0.15) is 11.1 Å². The van der Waals surface area contributed by atoms with Crippen LogP contribution >= 0.6 is 8.58 Å². The molecule has 0 saturated carbocycles. The molecule has 1 nitrogen and oxygen atoms in total. The van der Waals surface area contributed by atoms with E-state index in [1.54, 1.807) is 0 Å². The lowest BCUT2D eigenvalue weighted by molar-refractivity contribution is 1.38. The Bertz CT molecular complexity index is 477. The van der Waals surface area contributed by atoms with Crippen LogP contribution in [0.2, 0.25) is 0 Å². The average molecular weight is 203 g/mol. The molecule has 2 heteroatoms. The van der Waals surface area contributed by atoms with Crippen molar-refractivity contribution in [1.29, 1.82) is 0 Å². The van der Waals surface area contributed by atoms with Gasteiger partial charge in [0.1, 0.15) is 0 Å². The summed E-state index contributed by atoms with van der Waals surface area (Å²) in [5, 5.41) is 1.28. The van der Waals surface area contributed by atoms with Gasteiger partial charge in [-0.1, -0.05) is 26.8 Å². The van der Waals surface area contributed by atoms with Crippen molar-refractivity contribution in [3.8, 4) is 0 Å². The molecule has 1 atom stereocenters. The minimum atomic E-state index is 0.775. The van der Waals surface area contributed by atoms with Crippen LogP contribution in [0.3, 0.4) is 0 Å². The molecule has 0 N–H and O–H groups in total. The summed E-state index contributed by atoms with van der Waals surface area (Å²) in [5.74, 6) is 0. The molecule has 0 spiro atoms. The molecule has 14 heavy (non-hydrogen) atoms. The Morgan fingerprint density at radius 1 is 1.14 bits per heavy atom. The summed E-state index contributed by atoms with van der Waals surface area (Å²) in [6.07, 6.45) is 0. The van der Waals surface area contributed by atoms with Crippen molar-refractivity contribution in [2.75, 3.05) is 6.66 Å². The highest BCUT2D eigenvalue weighted by Gasteiger charge is 2.02. The van der Waals surface area contributed by atoms with Crippen molar-refractivity contribution < 1.29 is 0 Å². The monoisotopic (exact) mass is 203 g/mol. The largest absolute Gasteiger partial charge is 0.248 e. The van der Waals surface area contributed by atoms with Gasteiger partial charge in [-0.3, -0.25) is 0 Å². The standard InChI is InChI=1S/C12H14NP/c1-8-5-4-6-10-9(2)7-11(14-3)13-12(8)10/h4-7,14H,1-3H3. The van der Waals surface area contributed by atoms with Crippen LogP contribution in [0.15, 0.2) is 24.3 Å². The second-order valence-corrected chi connectivity index (χ2v) is 4.56. The molecule has 1 unspecified atom stereocenters. The van der Waals surface area contributed by atoms with Gasteiger partial charge in [0.25, 0.3) is 0 Å². The van der Waals surface area contributed by atoms with Crippen molar-refractivity contribution in [2.24, 2.45) is 0 Å². The molecule has 0 radical (unpaired) electrons. The summed E-state index contributed by atoms with van der Waals surface area (Å²) in [6.45, 7) is 6.45. The van der Waals surface area contributed by atoms with E-state index in [4.69, 9.17) is 0 Å². The van der Waals surface area contributed by atoms with Crippen LogP contribution in [0.5, 0.6) is 0 Å². The van der Waals surface area contributed by atoms with E-state index in [-0.39, 0.29) is 0 Å². The third-order valence-corrected chi connectivity index (χ3v) is 3.27. The number of hydrogen-bond donors (Lipinski definition) is 0. The summed E-state index contributed by atoms with van der Waals surface area (Å²) in [7, 11) is 0.775. The number of aromatic nitrogens is 1. The lowest BCUT2D eigenvalue weighted by Gasteiger charge is -2.06. The zero-order valence-corrected chi connectivity index (χ0v) is 9.76. The van der Waals surface area contributed by atoms with Gasteiger partial charge in [0, 0.05) is 5.39 Å². The minimum Gasteiger partial charge on any atom is -0.248 e. The molecule has 1 heterocycles. The van der Waals surface area contributed by atoms with Crippen LogP contribution in [0, 0.1) is 13.8 Å². The normalized spacial score (nSPS) is 11.6. The molecule has 0 amide bonds. The van der Waals surface area contributed by atoms with E-state index in [0.717, 1.165) is 14.1 Å². The van der Waals surface area contributed by atoms with Crippen LogP contribution in [-0.2, 0) is 0 Å². The maximum absolute atomic E-state index is 4.67. The zero-order chi connectivity index (χ0) is 10.1. The molecule has 2 aromatic rings. The molecular formula is C12H14NP. The number of pyridine rings is 1. The number of hydrogen-bond acceptors (Lipinski definition) is 1. The third kappa shape index (κ3) is 1.53. The van der Waals surface area contributed by atoms with E-state index in [1.165, 1.54) is 21.9 Å². The molecule has 2 rings (SSSR count). The van der Waals surface area contributed by atoms with Gasteiger partial charge in [0.15, 0.2) is 0 Å². The van der Waals surface area contributed by atoms with Crippen LogP contribution in [-0.4, -0.2) is 11.6 Å². The second-order valence-electron chi connectivity index (χ2n) is 3.55. The second kappa shape index (κ2) is 3.67. The fraction of sp³-hybridized carbons (Fsp3) is 0.250. The molecular weight excluding hydrogens is 189 g/mol. The predicted octanol–water partition coefficient (Wildman–Crippen LogP) is 2.79. The Labute approximate surface area is 86.3 Å². The quantitative estimate of drug-likeness (QED) is 0.649. The van der Waals surface area contributed by atoms with Crippen molar-refractivity contribution in [2.45, 2.75) is 13.8 Å². The van der Waals surface area contributed by atoms with Crippen LogP contribution in [0.4, 0.5) is 0 Å². The van der Waals surface area contributed by atoms with Crippen LogP contribution < -0.4 is 5.44 Å². The topological polar surface area (TPSA) is 12.9 Å². The lowest BCUT2D eigenvalue weighted by atomic mass is 10.1. The first-order valence-electron chi connectivity index (χ1n) is 4.77. The molecule has 72 valence electrons. The molecule has 1 aromatic heterocycles. The van der Waals surface area contributed by atoms with Crippen LogP contribution in [0.25, 0.3) is 10.9 Å². The Kier molecular flexibility index (Phi) is 2.52. The highest BCUT2D eigenvalue weighted by Crippen LogP contribution is 2.19. The lowest BCUT2D eigenvalue weighted by Crippen LogP contribution is -2.02. The number of rotatable bonds is 1. The fourth-order valence-electron chi connectivity index (χ4n) is 1.69. The maximum Gasteiger partial charge on any atom is 0.0741 e. The SMILES string of the molecule is CPc1cc(C)c2cccc(C)c2n1. The third-order valence-electron chi connectivity index (χ3n) is 2.50. The number of nitrogens with zero attached hydrogens (tertiary/aromatic N) is 1. The predicted molar refractivity (Wildman–Crippen MR) is 65.1 cm³/mol. The molecule has 0 aliphatic carbocycles. The van der Waals surface area contributed by atoms with E-state index >= 15 is 0 Å². The van der Waals surface area contributed by atoms with Gasteiger partial charge in [-0.25, -0.2) is 4.98 Å². The first-order valence-corrected chi connectivity index (χ1v) is 6.27. The van der Waals surface area contributed by atoms with Gasteiger partial charge in [0.05, 0.1) is 11.0 Å². The minimum absolute atomic E-state index is 0.775. The first kappa shape index (κ1) is 9.61. The van der Waals surface area contributed by atoms with E-state index in [2.05, 4.69) is 49.8 Å². The molecule has 1 aromatic carbocycles. The van der Waals surface area contributed by atoms with Gasteiger partial charge in [-0.2, -0.15) is 0 Å². The molecule has 0 bridgehead atoms. The summed E-state index contributed by atoms with van der Waals surface area (Å²) in [6, 6.07) is 8.56.